The number of benzene rings is 2. The van der Waals surface area contributed by atoms with E-state index < -0.39 is 18.5 Å². The molecule has 0 fully saturated rings. The number of hydrogen-bond acceptors (Lipinski definition) is 9. The summed E-state index contributed by atoms with van der Waals surface area (Å²) in [5.41, 5.74) is 0.809. The van der Waals surface area contributed by atoms with Crippen molar-refractivity contribution in [2.75, 3.05) is 49.3 Å². The predicted octanol–water partition coefficient (Wildman–Crippen LogP) is 2.21. The fourth-order valence-corrected chi connectivity index (χ4v) is 2.89. The van der Waals surface area contributed by atoms with Crippen LogP contribution in [0.2, 0.25) is 0 Å². The van der Waals surface area contributed by atoms with E-state index in [-0.39, 0.29) is 12.1 Å². The van der Waals surface area contributed by atoms with Crippen LogP contribution >= 0.6 is 0 Å². The zero-order valence-corrected chi connectivity index (χ0v) is 18.9. The van der Waals surface area contributed by atoms with Gasteiger partial charge in [0.05, 0.1) is 48.2 Å². The Kier molecular flexibility index (Phi) is 8.82. The van der Waals surface area contributed by atoms with Crippen LogP contribution in [-0.4, -0.2) is 61.1 Å². The molecule has 1 N–H and O–H groups in total. The van der Waals surface area contributed by atoms with E-state index in [1.54, 1.807) is 12.1 Å². The van der Waals surface area contributed by atoms with Crippen LogP contribution in [0.4, 0.5) is 0 Å². The van der Waals surface area contributed by atoms with Gasteiger partial charge in [-0.1, -0.05) is 0 Å². The fraction of sp³-hybridized carbons (Fsp3) is 0.364. The third-order valence-electron chi connectivity index (χ3n) is 4.50. The van der Waals surface area contributed by atoms with Gasteiger partial charge >= 0.3 is 5.97 Å². The minimum absolute atomic E-state index is 0.129. The Hall–Kier alpha value is -3.82. The lowest BCUT2D eigenvalue weighted by atomic mass is 10.1. The summed E-state index contributed by atoms with van der Waals surface area (Å²) in [5, 5.41) is 2.67. The predicted molar refractivity (Wildman–Crippen MR) is 114 cm³/mol. The molecule has 0 aliphatic carbocycles. The van der Waals surface area contributed by atoms with Crippen LogP contribution in [0.1, 0.15) is 15.9 Å². The fourth-order valence-electron chi connectivity index (χ4n) is 2.89. The zero-order chi connectivity index (χ0) is 23.7. The van der Waals surface area contributed by atoms with Crippen molar-refractivity contribution in [1.29, 1.82) is 0 Å². The van der Waals surface area contributed by atoms with Gasteiger partial charge in [-0.15, -0.1) is 0 Å². The molecular weight excluding hydrogens is 422 g/mol. The van der Waals surface area contributed by atoms with E-state index in [0.29, 0.717) is 40.1 Å². The Balaban J connectivity index is 2.03. The van der Waals surface area contributed by atoms with Crippen molar-refractivity contribution in [2.24, 2.45) is 0 Å². The number of hydrogen-bond donors (Lipinski definition) is 1. The van der Waals surface area contributed by atoms with Crippen molar-refractivity contribution in [3.63, 3.8) is 0 Å². The summed E-state index contributed by atoms with van der Waals surface area (Å²) in [4.78, 5) is 24.6. The maximum Gasteiger partial charge on any atom is 0.338 e. The van der Waals surface area contributed by atoms with E-state index in [4.69, 9.17) is 33.2 Å². The highest BCUT2D eigenvalue weighted by Crippen LogP contribution is 2.38. The third-order valence-corrected chi connectivity index (χ3v) is 4.50. The maximum atomic E-state index is 12.4. The van der Waals surface area contributed by atoms with Crippen molar-refractivity contribution in [2.45, 2.75) is 6.54 Å². The molecule has 0 bridgehead atoms. The highest BCUT2D eigenvalue weighted by molar-refractivity contribution is 5.92. The lowest BCUT2D eigenvalue weighted by Crippen LogP contribution is -2.28. The zero-order valence-electron chi connectivity index (χ0n) is 18.9. The summed E-state index contributed by atoms with van der Waals surface area (Å²) in [6.45, 7) is -0.352. The minimum Gasteiger partial charge on any atom is -0.496 e. The molecule has 2 aromatic rings. The molecule has 10 nitrogen and oxygen atoms in total. The Morgan fingerprint density at radius 2 is 1.22 bits per heavy atom. The molecule has 0 heterocycles. The van der Waals surface area contributed by atoms with Gasteiger partial charge < -0.3 is 38.5 Å². The second kappa shape index (κ2) is 11.5. The average molecular weight is 449 g/mol. The van der Waals surface area contributed by atoms with Gasteiger partial charge in [-0.05, 0) is 18.2 Å². The molecule has 10 heteroatoms. The van der Waals surface area contributed by atoms with E-state index in [1.165, 1.54) is 54.8 Å². The summed E-state index contributed by atoms with van der Waals surface area (Å²) in [7, 11) is 8.85. The quantitative estimate of drug-likeness (QED) is 0.516. The first-order valence-electron chi connectivity index (χ1n) is 9.45. The van der Waals surface area contributed by atoms with E-state index in [2.05, 4.69) is 5.32 Å². The van der Waals surface area contributed by atoms with Gasteiger partial charge in [0.15, 0.2) is 29.6 Å². The Bertz CT molecular complexity index is 934. The van der Waals surface area contributed by atoms with Gasteiger partial charge in [0.1, 0.15) is 5.75 Å². The summed E-state index contributed by atoms with van der Waals surface area (Å²) < 4.78 is 36.6. The average Bonchev–Trinajstić information content (AvgIpc) is 2.83. The molecule has 174 valence electrons. The van der Waals surface area contributed by atoms with Crippen LogP contribution in [0, 0.1) is 0 Å². The van der Waals surface area contributed by atoms with Crippen LogP contribution < -0.4 is 33.7 Å². The second-order valence-electron chi connectivity index (χ2n) is 6.29. The lowest BCUT2D eigenvalue weighted by Gasteiger charge is -2.15. The van der Waals surface area contributed by atoms with E-state index in [1.807, 2.05) is 0 Å². The van der Waals surface area contributed by atoms with Crippen molar-refractivity contribution in [3.8, 4) is 34.5 Å². The van der Waals surface area contributed by atoms with Crippen LogP contribution in [0.15, 0.2) is 24.3 Å². The van der Waals surface area contributed by atoms with Crippen molar-refractivity contribution < 1.29 is 42.7 Å². The number of methoxy groups -OCH3 is 6. The maximum absolute atomic E-state index is 12.4. The largest absolute Gasteiger partial charge is 0.496 e. The molecule has 0 radical (unpaired) electrons. The SMILES string of the molecule is COc1cc(OC)c(OC)cc1CNC(=O)COC(=O)c1cc(OC)c(OC)c(OC)c1. The van der Waals surface area contributed by atoms with Crippen molar-refractivity contribution in [3.05, 3.63) is 35.4 Å². The molecule has 1 amide bonds. The van der Waals surface area contributed by atoms with Crippen molar-refractivity contribution in [1.82, 2.24) is 5.32 Å². The Morgan fingerprint density at radius 3 is 1.72 bits per heavy atom. The second-order valence-corrected chi connectivity index (χ2v) is 6.29. The highest BCUT2D eigenvalue weighted by Gasteiger charge is 2.19. The van der Waals surface area contributed by atoms with E-state index >= 15 is 0 Å². The minimum atomic E-state index is -0.719. The molecule has 0 saturated heterocycles. The Labute approximate surface area is 186 Å². The molecule has 0 saturated carbocycles. The summed E-state index contributed by atoms with van der Waals surface area (Å²) in [6, 6.07) is 6.23. The standard InChI is InChI=1S/C22H27NO9/c1-26-15-10-17(28-3)16(27-2)9-14(15)11-23-20(24)12-32-22(25)13-7-18(29-4)21(31-6)19(8-13)30-5/h7-10H,11-12H2,1-6H3,(H,23,24). The van der Waals surface area contributed by atoms with Crippen LogP contribution in [0.5, 0.6) is 34.5 Å². The normalized spacial score (nSPS) is 10.1. The first-order valence-corrected chi connectivity index (χ1v) is 9.45. The Morgan fingerprint density at radius 1 is 0.688 bits per heavy atom. The molecule has 0 aliphatic rings. The number of carbonyl (C=O) groups is 2. The number of carbonyl (C=O) groups excluding carboxylic acids is 2. The summed E-state index contributed by atoms with van der Waals surface area (Å²) in [6.07, 6.45) is 0. The number of ether oxygens (including phenoxy) is 7. The van der Waals surface area contributed by atoms with E-state index in [9.17, 15) is 9.59 Å². The van der Waals surface area contributed by atoms with Gasteiger partial charge in [0.25, 0.3) is 5.91 Å². The summed E-state index contributed by atoms with van der Waals surface area (Å²) in [5.74, 6) is 1.22. The number of esters is 1. The van der Waals surface area contributed by atoms with Gasteiger partial charge in [-0.3, -0.25) is 4.79 Å². The third kappa shape index (κ3) is 5.65. The van der Waals surface area contributed by atoms with Crippen LogP contribution in [0.25, 0.3) is 0 Å². The molecular formula is C22H27NO9. The molecule has 0 unspecified atom stereocenters. The monoisotopic (exact) mass is 449 g/mol. The van der Waals surface area contributed by atoms with Gasteiger partial charge in [-0.25, -0.2) is 4.79 Å². The van der Waals surface area contributed by atoms with E-state index in [0.717, 1.165) is 0 Å². The smallest absolute Gasteiger partial charge is 0.338 e. The molecule has 0 aliphatic heterocycles. The molecule has 32 heavy (non-hydrogen) atoms. The van der Waals surface area contributed by atoms with Gasteiger partial charge in [-0.2, -0.15) is 0 Å². The number of rotatable bonds is 11. The first kappa shape index (κ1) is 24.4. The molecule has 2 rings (SSSR count). The van der Waals surface area contributed by atoms with Crippen LogP contribution in [0.3, 0.4) is 0 Å². The molecule has 0 aromatic heterocycles. The molecule has 0 atom stereocenters. The number of nitrogens with one attached hydrogen (secondary N) is 1. The number of amides is 1. The first-order chi connectivity index (χ1) is 15.4. The van der Waals surface area contributed by atoms with Gasteiger partial charge in [0, 0.05) is 18.2 Å². The lowest BCUT2D eigenvalue weighted by molar-refractivity contribution is -0.124. The molecule has 0 spiro atoms. The highest BCUT2D eigenvalue weighted by atomic mass is 16.5. The van der Waals surface area contributed by atoms with Crippen molar-refractivity contribution >= 4 is 11.9 Å². The topological polar surface area (TPSA) is 111 Å². The summed E-state index contributed by atoms with van der Waals surface area (Å²) >= 11 is 0. The van der Waals surface area contributed by atoms with Crippen LogP contribution in [-0.2, 0) is 16.1 Å². The molecule has 2 aromatic carbocycles. The van der Waals surface area contributed by atoms with Gasteiger partial charge in [0.2, 0.25) is 5.75 Å².